The number of hydrogen-bond acceptors (Lipinski definition) is 4. The first-order valence-electron chi connectivity index (χ1n) is 5.76. The summed E-state index contributed by atoms with van der Waals surface area (Å²) in [4.78, 5) is 15.8. The molecule has 2 aromatic heterocycles. The summed E-state index contributed by atoms with van der Waals surface area (Å²) in [7, 11) is 0. The molecule has 18 heavy (non-hydrogen) atoms. The molecule has 0 unspecified atom stereocenters. The summed E-state index contributed by atoms with van der Waals surface area (Å²) in [6, 6.07) is 5.95. The van der Waals surface area contributed by atoms with E-state index in [1.54, 1.807) is 18.7 Å². The van der Waals surface area contributed by atoms with Gasteiger partial charge >= 0.3 is 0 Å². The SMILES string of the molecule is Cc1[nH]cnc1CNc1ccc2nccnc2c1. The van der Waals surface area contributed by atoms with Gasteiger partial charge in [0.15, 0.2) is 0 Å². The molecule has 0 aliphatic heterocycles. The molecule has 0 aliphatic rings. The van der Waals surface area contributed by atoms with Crippen molar-refractivity contribution in [1.82, 2.24) is 19.9 Å². The first-order chi connectivity index (χ1) is 8.83. The van der Waals surface area contributed by atoms with Crippen LogP contribution in [0.1, 0.15) is 11.4 Å². The van der Waals surface area contributed by atoms with Crippen molar-refractivity contribution < 1.29 is 0 Å². The van der Waals surface area contributed by atoms with E-state index in [2.05, 4.69) is 25.3 Å². The third-order valence-corrected chi connectivity index (χ3v) is 2.86. The van der Waals surface area contributed by atoms with E-state index in [4.69, 9.17) is 0 Å². The molecular weight excluding hydrogens is 226 g/mol. The quantitative estimate of drug-likeness (QED) is 0.735. The summed E-state index contributed by atoms with van der Waals surface area (Å²) < 4.78 is 0. The molecule has 2 N–H and O–H groups in total. The molecule has 0 bridgehead atoms. The lowest BCUT2D eigenvalue weighted by Crippen LogP contribution is -2.01. The zero-order valence-electron chi connectivity index (χ0n) is 10.0. The smallest absolute Gasteiger partial charge is 0.0925 e. The maximum Gasteiger partial charge on any atom is 0.0925 e. The number of aryl methyl sites for hydroxylation is 1. The van der Waals surface area contributed by atoms with Crippen LogP contribution in [0.4, 0.5) is 5.69 Å². The van der Waals surface area contributed by atoms with Crippen molar-refractivity contribution in [2.75, 3.05) is 5.32 Å². The van der Waals surface area contributed by atoms with Crippen LogP contribution in [0.5, 0.6) is 0 Å². The highest BCUT2D eigenvalue weighted by Crippen LogP contribution is 2.15. The summed E-state index contributed by atoms with van der Waals surface area (Å²) >= 11 is 0. The van der Waals surface area contributed by atoms with Crippen LogP contribution in [-0.4, -0.2) is 19.9 Å². The van der Waals surface area contributed by atoms with E-state index in [1.807, 2.05) is 25.1 Å². The Morgan fingerprint density at radius 3 is 2.72 bits per heavy atom. The molecule has 0 fully saturated rings. The molecule has 0 radical (unpaired) electrons. The lowest BCUT2D eigenvalue weighted by Gasteiger charge is -2.06. The molecule has 5 heteroatoms. The van der Waals surface area contributed by atoms with Crippen LogP contribution in [-0.2, 0) is 6.54 Å². The minimum absolute atomic E-state index is 0.696. The molecule has 0 saturated heterocycles. The molecular formula is C13H13N5. The van der Waals surface area contributed by atoms with Gasteiger partial charge in [0.25, 0.3) is 0 Å². The summed E-state index contributed by atoms with van der Waals surface area (Å²) in [5.41, 5.74) is 4.92. The molecule has 1 aromatic carbocycles. The van der Waals surface area contributed by atoms with Gasteiger partial charge in [0.2, 0.25) is 0 Å². The summed E-state index contributed by atoms with van der Waals surface area (Å²) in [6.45, 7) is 2.71. The lowest BCUT2D eigenvalue weighted by atomic mass is 10.2. The number of rotatable bonds is 3. The number of H-pyrrole nitrogens is 1. The fraction of sp³-hybridized carbons (Fsp3) is 0.154. The molecule has 0 amide bonds. The molecule has 3 aromatic rings. The van der Waals surface area contributed by atoms with Crippen molar-refractivity contribution in [2.45, 2.75) is 13.5 Å². The summed E-state index contributed by atoms with van der Waals surface area (Å²) in [5.74, 6) is 0. The fourth-order valence-corrected chi connectivity index (χ4v) is 1.82. The zero-order chi connectivity index (χ0) is 12.4. The Bertz CT molecular complexity index is 674. The number of imidazole rings is 1. The van der Waals surface area contributed by atoms with E-state index >= 15 is 0 Å². The predicted molar refractivity (Wildman–Crippen MR) is 70.2 cm³/mol. The highest BCUT2D eigenvalue weighted by Gasteiger charge is 2.01. The predicted octanol–water partition coefficient (Wildman–Crippen LogP) is 2.27. The first kappa shape index (κ1) is 10.7. The first-order valence-corrected chi connectivity index (χ1v) is 5.76. The Morgan fingerprint density at radius 2 is 1.94 bits per heavy atom. The van der Waals surface area contributed by atoms with Gasteiger partial charge in [-0.25, -0.2) is 4.98 Å². The van der Waals surface area contributed by atoms with Crippen LogP contribution < -0.4 is 5.32 Å². The van der Waals surface area contributed by atoms with Gasteiger partial charge in [0.05, 0.1) is 29.6 Å². The van der Waals surface area contributed by atoms with E-state index in [9.17, 15) is 0 Å². The van der Waals surface area contributed by atoms with Crippen LogP contribution >= 0.6 is 0 Å². The van der Waals surface area contributed by atoms with Gasteiger partial charge in [-0.05, 0) is 25.1 Å². The molecule has 3 rings (SSSR count). The number of aromatic amines is 1. The molecule has 90 valence electrons. The molecule has 0 aliphatic carbocycles. The van der Waals surface area contributed by atoms with Crippen molar-refractivity contribution in [2.24, 2.45) is 0 Å². The van der Waals surface area contributed by atoms with Gasteiger partial charge in [-0.3, -0.25) is 9.97 Å². The Hall–Kier alpha value is -2.43. The van der Waals surface area contributed by atoms with Crippen LogP contribution in [0.3, 0.4) is 0 Å². The number of anilines is 1. The number of nitrogens with zero attached hydrogens (tertiary/aromatic N) is 3. The number of nitrogens with one attached hydrogen (secondary N) is 2. The monoisotopic (exact) mass is 239 g/mol. The Labute approximate surface area is 104 Å². The minimum atomic E-state index is 0.696. The molecule has 0 saturated carbocycles. The van der Waals surface area contributed by atoms with Crippen LogP contribution in [0, 0.1) is 6.92 Å². The molecule has 0 spiro atoms. The average Bonchev–Trinajstić information content (AvgIpc) is 2.82. The number of fused-ring (bicyclic) bond motifs is 1. The second-order valence-corrected chi connectivity index (χ2v) is 4.09. The van der Waals surface area contributed by atoms with Crippen LogP contribution in [0.25, 0.3) is 11.0 Å². The van der Waals surface area contributed by atoms with Crippen molar-refractivity contribution in [1.29, 1.82) is 0 Å². The van der Waals surface area contributed by atoms with Gasteiger partial charge in [-0.1, -0.05) is 0 Å². The fourth-order valence-electron chi connectivity index (χ4n) is 1.82. The van der Waals surface area contributed by atoms with E-state index in [1.165, 1.54) is 0 Å². The second-order valence-electron chi connectivity index (χ2n) is 4.09. The maximum absolute atomic E-state index is 4.28. The van der Waals surface area contributed by atoms with E-state index < -0.39 is 0 Å². The zero-order valence-corrected chi connectivity index (χ0v) is 10.0. The van der Waals surface area contributed by atoms with Gasteiger partial charge in [-0.15, -0.1) is 0 Å². The topological polar surface area (TPSA) is 66.5 Å². The highest BCUT2D eigenvalue weighted by atomic mass is 14.9. The largest absolute Gasteiger partial charge is 0.379 e. The van der Waals surface area contributed by atoms with Gasteiger partial charge in [-0.2, -0.15) is 0 Å². The second kappa shape index (κ2) is 4.44. The summed E-state index contributed by atoms with van der Waals surface area (Å²) in [5, 5.41) is 3.33. The van der Waals surface area contributed by atoms with E-state index in [0.717, 1.165) is 28.1 Å². The summed E-state index contributed by atoms with van der Waals surface area (Å²) in [6.07, 6.45) is 5.10. The van der Waals surface area contributed by atoms with Crippen LogP contribution in [0.2, 0.25) is 0 Å². The third-order valence-electron chi connectivity index (χ3n) is 2.86. The maximum atomic E-state index is 4.28. The third kappa shape index (κ3) is 2.02. The Balaban J connectivity index is 1.81. The van der Waals surface area contributed by atoms with Crippen molar-refractivity contribution in [3.05, 3.63) is 48.3 Å². The average molecular weight is 239 g/mol. The lowest BCUT2D eigenvalue weighted by molar-refractivity contribution is 1.05. The minimum Gasteiger partial charge on any atom is -0.379 e. The van der Waals surface area contributed by atoms with Crippen LogP contribution in [0.15, 0.2) is 36.9 Å². The molecule has 2 heterocycles. The highest BCUT2D eigenvalue weighted by molar-refractivity contribution is 5.78. The number of aromatic nitrogens is 4. The van der Waals surface area contributed by atoms with Crippen molar-refractivity contribution in [3.8, 4) is 0 Å². The van der Waals surface area contributed by atoms with Crippen molar-refractivity contribution >= 4 is 16.7 Å². The van der Waals surface area contributed by atoms with Gasteiger partial charge < -0.3 is 10.3 Å². The normalized spacial score (nSPS) is 10.7. The standard InChI is InChI=1S/C13H13N5/c1-9-13(18-8-17-9)7-16-10-2-3-11-12(6-10)15-5-4-14-11/h2-6,8,16H,7H2,1H3,(H,17,18). The molecule has 5 nitrogen and oxygen atoms in total. The number of benzene rings is 1. The van der Waals surface area contributed by atoms with Gasteiger partial charge in [0, 0.05) is 23.8 Å². The Kier molecular flexibility index (Phi) is 2.64. The Morgan fingerprint density at radius 1 is 1.11 bits per heavy atom. The van der Waals surface area contributed by atoms with Gasteiger partial charge in [0.1, 0.15) is 0 Å². The van der Waals surface area contributed by atoms with E-state index in [-0.39, 0.29) is 0 Å². The van der Waals surface area contributed by atoms with E-state index in [0.29, 0.717) is 6.54 Å². The number of hydrogen-bond donors (Lipinski definition) is 2. The van der Waals surface area contributed by atoms with Crippen molar-refractivity contribution in [3.63, 3.8) is 0 Å². The molecule has 0 atom stereocenters.